The topological polar surface area (TPSA) is 120 Å². The van der Waals surface area contributed by atoms with Gasteiger partial charge in [-0.1, -0.05) is 49.2 Å². The van der Waals surface area contributed by atoms with Gasteiger partial charge in [-0.25, -0.2) is 9.83 Å². The zero-order valence-electron chi connectivity index (χ0n) is 20.4. The van der Waals surface area contributed by atoms with E-state index >= 15 is 0 Å². The quantitative estimate of drug-likeness (QED) is 0.176. The fourth-order valence-electron chi connectivity index (χ4n) is 4.02. The van der Waals surface area contributed by atoms with Crippen LogP contribution in [0.3, 0.4) is 0 Å². The standard InChI is InChI=1S/C26H22Cl2N6O3/c1-11(2)10-31-26-20(29-4)12(3)21(25(30-5)32-26)33-34-22-15(28)9-14(27)18-19(22)23(36)13-7-6-8-16(35)17(13)24(18)37/h6-9,11,35H,10H2,1-3,5H3,(H2,30,31,32). The number of aromatic hydroxyl groups is 1. The molecule has 0 atom stereocenters. The molecular formula is C26H22Cl2N6O3. The fourth-order valence-corrected chi connectivity index (χ4v) is 4.61. The van der Waals surface area contributed by atoms with Crippen molar-refractivity contribution in [1.29, 1.82) is 0 Å². The first-order valence-electron chi connectivity index (χ1n) is 11.3. The van der Waals surface area contributed by atoms with Crippen LogP contribution in [0.25, 0.3) is 4.85 Å². The van der Waals surface area contributed by atoms with Crippen molar-refractivity contribution in [2.24, 2.45) is 16.1 Å². The van der Waals surface area contributed by atoms with Crippen LogP contribution in [0.4, 0.5) is 28.7 Å². The number of aromatic nitrogens is 1. The first-order valence-corrected chi connectivity index (χ1v) is 12.0. The molecule has 9 nitrogen and oxygen atoms in total. The zero-order valence-corrected chi connectivity index (χ0v) is 21.9. The van der Waals surface area contributed by atoms with Crippen LogP contribution in [0, 0.1) is 19.4 Å². The molecule has 2 aromatic carbocycles. The van der Waals surface area contributed by atoms with Gasteiger partial charge in [-0.3, -0.25) is 9.59 Å². The molecule has 1 aliphatic rings. The molecule has 0 unspecified atom stereocenters. The van der Waals surface area contributed by atoms with Crippen molar-refractivity contribution in [1.82, 2.24) is 4.98 Å². The molecule has 1 aromatic heterocycles. The van der Waals surface area contributed by atoms with E-state index in [2.05, 4.69) is 30.7 Å². The van der Waals surface area contributed by atoms with Gasteiger partial charge in [0, 0.05) is 19.2 Å². The molecule has 0 amide bonds. The molecule has 1 aliphatic carbocycles. The van der Waals surface area contributed by atoms with Crippen molar-refractivity contribution >= 4 is 63.5 Å². The van der Waals surface area contributed by atoms with Crippen molar-refractivity contribution in [3.63, 3.8) is 0 Å². The molecule has 37 heavy (non-hydrogen) atoms. The van der Waals surface area contributed by atoms with Gasteiger partial charge in [-0.05, 0) is 30.5 Å². The number of phenolic OH excluding ortho intramolecular Hbond substituents is 1. The van der Waals surface area contributed by atoms with Crippen molar-refractivity contribution in [3.05, 3.63) is 73.5 Å². The number of nitrogens with one attached hydrogen (secondary N) is 2. The van der Waals surface area contributed by atoms with Crippen LogP contribution in [0.5, 0.6) is 5.75 Å². The van der Waals surface area contributed by atoms with E-state index in [1.807, 2.05) is 13.8 Å². The number of nitrogens with zero attached hydrogens (tertiary/aromatic N) is 4. The minimum Gasteiger partial charge on any atom is -0.507 e. The van der Waals surface area contributed by atoms with E-state index in [0.29, 0.717) is 29.7 Å². The molecule has 11 heteroatoms. The van der Waals surface area contributed by atoms with Crippen molar-refractivity contribution < 1.29 is 14.7 Å². The van der Waals surface area contributed by atoms with Gasteiger partial charge >= 0.3 is 0 Å². The number of pyridine rings is 1. The van der Waals surface area contributed by atoms with Crippen molar-refractivity contribution in [3.8, 4) is 5.75 Å². The number of halogens is 2. The number of fused-ring (bicyclic) bond motifs is 2. The SMILES string of the molecule is [C-]#[N+]c1c(NCC(C)C)nc(NC)c(N=Nc2c(Cl)cc(Cl)c3c2C(=O)c2cccc(O)c2C3=O)c1C. The van der Waals surface area contributed by atoms with Crippen molar-refractivity contribution in [2.75, 3.05) is 24.2 Å². The summed E-state index contributed by atoms with van der Waals surface area (Å²) in [6.07, 6.45) is 0. The molecule has 0 spiro atoms. The van der Waals surface area contributed by atoms with E-state index < -0.39 is 11.6 Å². The molecule has 0 radical (unpaired) electrons. The van der Waals surface area contributed by atoms with E-state index in [4.69, 9.17) is 29.8 Å². The lowest BCUT2D eigenvalue weighted by molar-refractivity contribution is 0.0977. The van der Waals surface area contributed by atoms with Crippen LogP contribution in [-0.2, 0) is 0 Å². The number of hydrogen-bond acceptors (Lipinski definition) is 8. The Bertz CT molecular complexity index is 1540. The number of carbonyl (C=O) groups is 2. The molecule has 3 aromatic rings. The summed E-state index contributed by atoms with van der Waals surface area (Å²) in [5, 5.41) is 24.9. The maximum absolute atomic E-state index is 13.4. The molecule has 0 bridgehead atoms. The van der Waals surface area contributed by atoms with E-state index in [0.717, 1.165) is 0 Å². The van der Waals surface area contributed by atoms with Gasteiger partial charge in [0.1, 0.15) is 22.9 Å². The number of rotatable bonds is 6. The Morgan fingerprint density at radius 2 is 1.76 bits per heavy atom. The third-order valence-corrected chi connectivity index (χ3v) is 6.42. The average Bonchev–Trinajstić information content (AvgIpc) is 2.85. The second-order valence-corrected chi connectivity index (χ2v) is 9.58. The van der Waals surface area contributed by atoms with Crippen LogP contribution in [0.1, 0.15) is 51.3 Å². The predicted octanol–water partition coefficient (Wildman–Crippen LogP) is 7.25. The van der Waals surface area contributed by atoms with E-state index in [-0.39, 0.29) is 55.1 Å². The second-order valence-electron chi connectivity index (χ2n) is 8.76. The highest BCUT2D eigenvalue weighted by molar-refractivity contribution is 6.43. The highest BCUT2D eigenvalue weighted by atomic mass is 35.5. The number of azo groups is 1. The molecule has 3 N–H and O–H groups in total. The van der Waals surface area contributed by atoms with Crippen LogP contribution < -0.4 is 10.6 Å². The first-order chi connectivity index (χ1) is 17.6. The lowest BCUT2D eigenvalue weighted by atomic mass is 9.82. The smallest absolute Gasteiger partial charge is 0.233 e. The molecule has 1 heterocycles. The van der Waals surface area contributed by atoms with E-state index in [9.17, 15) is 14.7 Å². The number of phenols is 1. The molecule has 0 aliphatic heterocycles. The summed E-state index contributed by atoms with van der Waals surface area (Å²) in [7, 11) is 1.66. The molecule has 0 saturated heterocycles. The summed E-state index contributed by atoms with van der Waals surface area (Å²) < 4.78 is 0. The molecule has 4 rings (SSSR count). The normalized spacial score (nSPS) is 12.5. The van der Waals surface area contributed by atoms with Gasteiger partial charge < -0.3 is 15.7 Å². The maximum atomic E-state index is 13.4. The third-order valence-electron chi connectivity index (χ3n) is 5.83. The highest BCUT2D eigenvalue weighted by Crippen LogP contribution is 2.45. The lowest BCUT2D eigenvalue weighted by Gasteiger charge is -2.21. The van der Waals surface area contributed by atoms with Crippen LogP contribution in [0.15, 0.2) is 34.5 Å². The summed E-state index contributed by atoms with van der Waals surface area (Å²) in [4.78, 5) is 34.8. The summed E-state index contributed by atoms with van der Waals surface area (Å²) in [6, 6.07) is 5.53. The average molecular weight is 537 g/mol. The van der Waals surface area contributed by atoms with E-state index in [1.165, 1.54) is 24.3 Å². The first kappa shape index (κ1) is 26.1. The van der Waals surface area contributed by atoms with Gasteiger partial charge in [0.15, 0.2) is 17.4 Å². The number of ketones is 2. The van der Waals surface area contributed by atoms with E-state index in [1.54, 1.807) is 14.0 Å². The summed E-state index contributed by atoms with van der Waals surface area (Å²) in [5.74, 6) is -0.402. The highest BCUT2D eigenvalue weighted by Gasteiger charge is 2.37. The fraction of sp³-hybridized carbons (Fsp3) is 0.231. The van der Waals surface area contributed by atoms with Crippen LogP contribution >= 0.6 is 23.2 Å². The zero-order chi connectivity index (χ0) is 27.0. The Hall–Kier alpha value is -4.00. The van der Waals surface area contributed by atoms with Crippen LogP contribution in [-0.4, -0.2) is 35.2 Å². The Morgan fingerprint density at radius 1 is 1.05 bits per heavy atom. The van der Waals surface area contributed by atoms with Gasteiger partial charge in [0.2, 0.25) is 5.69 Å². The number of benzene rings is 2. The molecule has 188 valence electrons. The van der Waals surface area contributed by atoms with Gasteiger partial charge in [-0.15, -0.1) is 10.2 Å². The number of hydrogen-bond donors (Lipinski definition) is 3. The Labute approximate surface area is 223 Å². The monoisotopic (exact) mass is 536 g/mol. The molecule has 0 saturated carbocycles. The van der Waals surface area contributed by atoms with Crippen molar-refractivity contribution in [2.45, 2.75) is 20.8 Å². The second kappa shape index (κ2) is 10.2. The minimum absolute atomic E-state index is 0.00879. The summed E-state index contributed by atoms with van der Waals surface area (Å²) >= 11 is 12.8. The van der Waals surface area contributed by atoms with Gasteiger partial charge in [0.25, 0.3) is 0 Å². The Kier molecular flexibility index (Phi) is 7.16. The molecule has 0 fully saturated rings. The number of carbonyl (C=O) groups excluding carboxylic acids is 2. The van der Waals surface area contributed by atoms with Gasteiger partial charge in [-0.2, -0.15) is 0 Å². The van der Waals surface area contributed by atoms with Crippen LogP contribution in [0.2, 0.25) is 10.0 Å². The Balaban J connectivity index is 1.89. The largest absolute Gasteiger partial charge is 0.507 e. The summed E-state index contributed by atoms with van der Waals surface area (Å²) in [5.41, 5.74) is 0.679. The number of anilines is 2. The van der Waals surface area contributed by atoms with Gasteiger partial charge in [0.05, 0.1) is 33.3 Å². The Morgan fingerprint density at radius 3 is 2.41 bits per heavy atom. The third kappa shape index (κ3) is 4.50. The maximum Gasteiger partial charge on any atom is 0.233 e. The summed E-state index contributed by atoms with van der Waals surface area (Å²) in [6.45, 7) is 14.1. The minimum atomic E-state index is -0.620. The predicted molar refractivity (Wildman–Crippen MR) is 144 cm³/mol. The molecular weight excluding hydrogens is 515 g/mol. The lowest BCUT2D eigenvalue weighted by Crippen LogP contribution is -2.21.